The number of anilines is 1. The van der Waals surface area contributed by atoms with Crippen molar-refractivity contribution in [2.45, 2.75) is 45.7 Å². The summed E-state index contributed by atoms with van der Waals surface area (Å²) in [5.41, 5.74) is 8.22. The van der Waals surface area contributed by atoms with Crippen LogP contribution in [0.3, 0.4) is 0 Å². The summed E-state index contributed by atoms with van der Waals surface area (Å²) in [5, 5.41) is 4.55. The molecule has 0 bridgehead atoms. The minimum Gasteiger partial charge on any atom is -0.475 e. The molecule has 2 heterocycles. The van der Waals surface area contributed by atoms with Crippen LogP contribution in [0.5, 0.6) is 5.88 Å². The van der Waals surface area contributed by atoms with E-state index in [4.69, 9.17) is 10.5 Å². The Morgan fingerprint density at radius 2 is 1.96 bits per heavy atom. The van der Waals surface area contributed by atoms with Gasteiger partial charge in [0, 0.05) is 18.1 Å². The molecule has 2 aromatic rings. The minimum atomic E-state index is 0.184. The van der Waals surface area contributed by atoms with Gasteiger partial charge in [-0.1, -0.05) is 18.2 Å². The molecule has 5 heteroatoms. The fourth-order valence-electron chi connectivity index (χ4n) is 3.06. The van der Waals surface area contributed by atoms with Gasteiger partial charge in [-0.05, 0) is 46.2 Å². The molecule has 1 fully saturated rings. The van der Waals surface area contributed by atoms with Crippen LogP contribution in [0.4, 0.5) is 5.82 Å². The minimum absolute atomic E-state index is 0.184. The zero-order valence-electron chi connectivity index (χ0n) is 14.4. The fraction of sp³-hybridized carbons (Fsp3) is 0.500. The number of likely N-dealkylation sites (tertiary alicyclic amines) is 1. The number of para-hydroxylation sites is 1. The molecule has 0 saturated carbocycles. The molecule has 0 unspecified atom stereocenters. The average molecular weight is 314 g/mol. The number of benzene rings is 1. The summed E-state index contributed by atoms with van der Waals surface area (Å²) in [6.07, 6.45) is 1.17. The predicted octanol–water partition coefficient (Wildman–Crippen LogP) is 3.01. The molecule has 1 saturated heterocycles. The van der Waals surface area contributed by atoms with E-state index in [0.717, 1.165) is 17.8 Å². The molecule has 0 aliphatic carbocycles. The first-order valence-corrected chi connectivity index (χ1v) is 8.18. The Labute approximate surface area is 138 Å². The maximum atomic E-state index is 6.19. The third-order valence-corrected chi connectivity index (χ3v) is 4.54. The van der Waals surface area contributed by atoms with Gasteiger partial charge < -0.3 is 10.5 Å². The van der Waals surface area contributed by atoms with Gasteiger partial charge in [0.1, 0.15) is 12.4 Å². The Morgan fingerprint density at radius 1 is 1.26 bits per heavy atom. The summed E-state index contributed by atoms with van der Waals surface area (Å²) in [6.45, 7) is 10.5. The summed E-state index contributed by atoms with van der Waals surface area (Å²) >= 11 is 0. The number of nitrogens with two attached hydrogens (primary N) is 1. The molecule has 3 rings (SSSR count). The highest BCUT2D eigenvalue weighted by atomic mass is 16.5. The monoisotopic (exact) mass is 314 g/mol. The van der Waals surface area contributed by atoms with E-state index in [0.29, 0.717) is 24.3 Å². The predicted molar refractivity (Wildman–Crippen MR) is 93.1 cm³/mol. The van der Waals surface area contributed by atoms with E-state index in [1.54, 1.807) is 4.68 Å². The summed E-state index contributed by atoms with van der Waals surface area (Å²) < 4.78 is 7.74. The zero-order chi connectivity index (χ0) is 16.6. The van der Waals surface area contributed by atoms with Gasteiger partial charge in [0.2, 0.25) is 5.88 Å². The van der Waals surface area contributed by atoms with Crippen LogP contribution in [0.2, 0.25) is 0 Å². The van der Waals surface area contributed by atoms with Crippen LogP contribution >= 0.6 is 0 Å². The van der Waals surface area contributed by atoms with Gasteiger partial charge in [-0.3, -0.25) is 4.90 Å². The van der Waals surface area contributed by atoms with E-state index in [9.17, 15) is 0 Å². The molecule has 1 atom stereocenters. The van der Waals surface area contributed by atoms with Crippen LogP contribution in [0.15, 0.2) is 30.3 Å². The normalized spacial score (nSPS) is 18.7. The molecular formula is C18H26N4O. The molecule has 0 amide bonds. The Hall–Kier alpha value is -2.01. The third-order valence-electron chi connectivity index (χ3n) is 4.54. The van der Waals surface area contributed by atoms with Crippen LogP contribution in [0.1, 0.15) is 32.8 Å². The van der Waals surface area contributed by atoms with Crippen molar-refractivity contribution in [2.24, 2.45) is 0 Å². The second-order valence-electron chi connectivity index (χ2n) is 7.18. The standard InChI is InChI=1S/C18H26N4O/c1-13-16(19)22(14-8-6-5-7-9-14)20-17(13)23-12-15-10-11-21(15)18(2,3)4/h5-9,15H,10-12,19H2,1-4H3/t15-/m1/s1. The van der Waals surface area contributed by atoms with E-state index >= 15 is 0 Å². The molecular weight excluding hydrogens is 288 g/mol. The molecule has 0 radical (unpaired) electrons. The van der Waals surface area contributed by atoms with Gasteiger partial charge in [0.05, 0.1) is 11.3 Å². The highest BCUT2D eigenvalue weighted by molar-refractivity contribution is 5.51. The number of nitrogen functional groups attached to an aromatic ring is 1. The Kier molecular flexibility index (Phi) is 4.06. The summed E-state index contributed by atoms with van der Waals surface area (Å²) in [6, 6.07) is 10.4. The highest BCUT2D eigenvalue weighted by Crippen LogP contribution is 2.30. The Balaban J connectivity index is 1.72. The lowest BCUT2D eigenvalue weighted by Gasteiger charge is -2.49. The van der Waals surface area contributed by atoms with Crippen molar-refractivity contribution in [1.29, 1.82) is 0 Å². The van der Waals surface area contributed by atoms with E-state index in [-0.39, 0.29) is 5.54 Å². The quantitative estimate of drug-likeness (QED) is 0.942. The highest BCUT2D eigenvalue weighted by Gasteiger charge is 2.36. The van der Waals surface area contributed by atoms with E-state index in [1.807, 2.05) is 37.3 Å². The van der Waals surface area contributed by atoms with Crippen molar-refractivity contribution < 1.29 is 4.74 Å². The van der Waals surface area contributed by atoms with Gasteiger partial charge in [-0.2, -0.15) is 0 Å². The Morgan fingerprint density at radius 3 is 2.52 bits per heavy atom. The van der Waals surface area contributed by atoms with E-state index in [1.165, 1.54) is 6.42 Å². The fourth-order valence-corrected chi connectivity index (χ4v) is 3.06. The summed E-state index contributed by atoms with van der Waals surface area (Å²) in [5.74, 6) is 1.26. The van der Waals surface area contributed by atoms with Crippen molar-refractivity contribution in [3.8, 4) is 11.6 Å². The van der Waals surface area contributed by atoms with Crippen molar-refractivity contribution in [2.75, 3.05) is 18.9 Å². The molecule has 1 aliphatic heterocycles. The van der Waals surface area contributed by atoms with Crippen LogP contribution in [-0.2, 0) is 0 Å². The van der Waals surface area contributed by atoms with Crippen LogP contribution in [0.25, 0.3) is 5.69 Å². The first-order valence-electron chi connectivity index (χ1n) is 8.18. The zero-order valence-corrected chi connectivity index (χ0v) is 14.4. The first-order chi connectivity index (χ1) is 10.9. The Bertz CT molecular complexity index is 672. The van der Waals surface area contributed by atoms with Gasteiger partial charge in [0.25, 0.3) is 0 Å². The van der Waals surface area contributed by atoms with Crippen molar-refractivity contribution in [1.82, 2.24) is 14.7 Å². The number of nitrogens with zero attached hydrogens (tertiary/aromatic N) is 3. The molecule has 23 heavy (non-hydrogen) atoms. The largest absolute Gasteiger partial charge is 0.475 e. The summed E-state index contributed by atoms with van der Waals surface area (Å²) in [7, 11) is 0. The smallest absolute Gasteiger partial charge is 0.238 e. The lowest BCUT2D eigenvalue weighted by atomic mass is 9.94. The summed E-state index contributed by atoms with van der Waals surface area (Å²) in [4.78, 5) is 2.47. The first kappa shape index (κ1) is 15.9. The number of ether oxygens (including phenoxy) is 1. The number of aromatic nitrogens is 2. The van der Waals surface area contributed by atoms with Crippen LogP contribution in [0, 0.1) is 6.92 Å². The van der Waals surface area contributed by atoms with Crippen LogP contribution in [-0.4, -0.2) is 39.4 Å². The van der Waals surface area contributed by atoms with Crippen molar-refractivity contribution in [3.63, 3.8) is 0 Å². The van der Waals surface area contributed by atoms with E-state index in [2.05, 4.69) is 30.8 Å². The lowest BCUT2D eigenvalue weighted by Crippen LogP contribution is -2.59. The second-order valence-corrected chi connectivity index (χ2v) is 7.18. The molecule has 1 aliphatic rings. The van der Waals surface area contributed by atoms with Crippen molar-refractivity contribution >= 4 is 5.82 Å². The second kappa shape index (κ2) is 5.89. The van der Waals surface area contributed by atoms with Gasteiger partial charge in [-0.15, -0.1) is 5.10 Å². The average Bonchev–Trinajstić information content (AvgIpc) is 2.74. The lowest BCUT2D eigenvalue weighted by molar-refractivity contribution is -0.0217. The molecule has 2 N–H and O–H groups in total. The molecule has 1 aromatic heterocycles. The maximum Gasteiger partial charge on any atom is 0.238 e. The molecule has 5 nitrogen and oxygen atoms in total. The van der Waals surface area contributed by atoms with Gasteiger partial charge in [0.15, 0.2) is 0 Å². The number of hydrogen-bond acceptors (Lipinski definition) is 4. The molecule has 124 valence electrons. The maximum absolute atomic E-state index is 6.19. The van der Waals surface area contributed by atoms with Gasteiger partial charge >= 0.3 is 0 Å². The molecule has 0 spiro atoms. The number of hydrogen-bond donors (Lipinski definition) is 1. The van der Waals surface area contributed by atoms with E-state index < -0.39 is 0 Å². The van der Waals surface area contributed by atoms with Gasteiger partial charge in [-0.25, -0.2) is 4.68 Å². The topological polar surface area (TPSA) is 56.3 Å². The molecule has 1 aromatic carbocycles. The van der Waals surface area contributed by atoms with Crippen molar-refractivity contribution in [3.05, 3.63) is 35.9 Å². The third kappa shape index (κ3) is 3.06. The SMILES string of the molecule is Cc1c(OC[C@H]2CCN2C(C)(C)C)nn(-c2ccccc2)c1N. The van der Waals surface area contributed by atoms with Crippen LogP contribution < -0.4 is 10.5 Å². The number of rotatable bonds is 4.